The van der Waals surface area contributed by atoms with Crippen molar-refractivity contribution in [2.45, 2.75) is 12.5 Å². The Morgan fingerprint density at radius 2 is 1.86 bits per heavy atom. The monoisotopic (exact) mass is 362 g/mol. The Hall–Kier alpha value is -2.21. The van der Waals surface area contributed by atoms with Gasteiger partial charge in [-0.05, 0) is 42.5 Å². The molecule has 1 fully saturated rings. The van der Waals surface area contributed by atoms with Crippen molar-refractivity contribution in [3.8, 4) is 0 Å². The first-order valence-corrected chi connectivity index (χ1v) is 7.48. The minimum Gasteiger partial charge on any atom is -0.373 e. The van der Waals surface area contributed by atoms with Crippen molar-refractivity contribution in [1.82, 2.24) is 0 Å². The van der Waals surface area contributed by atoms with Crippen LogP contribution >= 0.6 is 15.9 Å². The van der Waals surface area contributed by atoms with Crippen LogP contribution in [0.15, 0.2) is 53.0 Å². The summed E-state index contributed by atoms with van der Waals surface area (Å²) in [6.45, 7) is 0. The lowest BCUT2D eigenvalue weighted by Gasteiger charge is -2.16. The normalized spacial score (nSPS) is 17.9. The van der Waals surface area contributed by atoms with Crippen LogP contribution in [0.4, 0.5) is 15.8 Å². The minimum absolute atomic E-state index is 0.0470. The lowest BCUT2D eigenvalue weighted by molar-refractivity contribution is -0.121. The number of benzene rings is 2. The predicted octanol–water partition coefficient (Wildman–Crippen LogP) is 3.33. The van der Waals surface area contributed by atoms with Gasteiger partial charge in [-0.15, -0.1) is 0 Å². The van der Waals surface area contributed by atoms with Gasteiger partial charge in [0, 0.05) is 10.2 Å². The summed E-state index contributed by atoms with van der Waals surface area (Å²) in [6, 6.07) is 12.1. The summed E-state index contributed by atoms with van der Waals surface area (Å²) in [5, 5.41) is 2.91. The van der Waals surface area contributed by atoms with E-state index in [0.717, 1.165) is 9.37 Å². The molecular weight excluding hydrogens is 351 g/mol. The van der Waals surface area contributed by atoms with Crippen LogP contribution < -0.4 is 10.2 Å². The number of nitrogens with zero attached hydrogens (tertiary/aromatic N) is 1. The molecule has 0 spiro atoms. The Morgan fingerprint density at radius 3 is 2.55 bits per heavy atom. The summed E-state index contributed by atoms with van der Waals surface area (Å²) >= 11 is 3.31. The third kappa shape index (κ3) is 2.87. The minimum atomic E-state index is -0.682. The summed E-state index contributed by atoms with van der Waals surface area (Å²) in [6.07, 6.45) is 0.0470. The molecule has 3 rings (SSSR count). The molecule has 0 radical (unpaired) electrons. The third-order valence-electron chi connectivity index (χ3n) is 3.40. The van der Waals surface area contributed by atoms with Crippen molar-refractivity contribution in [3.05, 3.63) is 58.8 Å². The maximum Gasteiger partial charge on any atom is 0.256 e. The van der Waals surface area contributed by atoms with Gasteiger partial charge in [-0.3, -0.25) is 9.59 Å². The zero-order chi connectivity index (χ0) is 15.7. The quantitative estimate of drug-likeness (QED) is 0.852. The van der Waals surface area contributed by atoms with Gasteiger partial charge in [-0.2, -0.15) is 0 Å². The van der Waals surface area contributed by atoms with Gasteiger partial charge in [0.05, 0.1) is 12.1 Å². The van der Waals surface area contributed by atoms with Gasteiger partial charge in [-0.25, -0.2) is 9.29 Å². The smallest absolute Gasteiger partial charge is 0.256 e. The summed E-state index contributed by atoms with van der Waals surface area (Å²) in [7, 11) is 0. The maximum atomic E-state index is 13.2. The van der Waals surface area contributed by atoms with E-state index in [1.807, 2.05) is 0 Å². The van der Waals surface area contributed by atoms with E-state index in [2.05, 4.69) is 21.2 Å². The van der Waals surface area contributed by atoms with Crippen molar-refractivity contribution in [3.63, 3.8) is 0 Å². The molecule has 6 heteroatoms. The topological polar surface area (TPSA) is 49.4 Å². The van der Waals surface area contributed by atoms with E-state index >= 15 is 0 Å². The second kappa shape index (κ2) is 5.88. The average Bonchev–Trinajstić information content (AvgIpc) is 2.75. The number of hydrogen-bond acceptors (Lipinski definition) is 3. The van der Waals surface area contributed by atoms with Gasteiger partial charge < -0.3 is 5.32 Å². The van der Waals surface area contributed by atoms with Crippen LogP contribution in [0.5, 0.6) is 0 Å². The van der Waals surface area contributed by atoms with Crippen LogP contribution in [-0.4, -0.2) is 17.9 Å². The van der Waals surface area contributed by atoms with Crippen molar-refractivity contribution < 1.29 is 14.0 Å². The molecule has 0 bridgehead atoms. The average molecular weight is 363 g/mol. The Morgan fingerprint density at radius 1 is 1.14 bits per heavy atom. The molecule has 1 saturated heterocycles. The van der Waals surface area contributed by atoms with E-state index in [1.165, 1.54) is 12.1 Å². The highest BCUT2D eigenvalue weighted by Gasteiger charge is 2.39. The Bertz CT molecular complexity index is 733. The third-order valence-corrected chi connectivity index (χ3v) is 3.93. The zero-order valence-corrected chi connectivity index (χ0v) is 13.0. The fraction of sp³-hybridized carbons (Fsp3) is 0.125. The number of nitrogens with one attached hydrogen (secondary N) is 1. The highest BCUT2D eigenvalue weighted by molar-refractivity contribution is 9.10. The van der Waals surface area contributed by atoms with Crippen LogP contribution in [0.25, 0.3) is 0 Å². The molecule has 0 aliphatic carbocycles. The summed E-state index contributed by atoms with van der Waals surface area (Å²) in [5.74, 6) is -1.01. The van der Waals surface area contributed by atoms with Crippen molar-refractivity contribution in [1.29, 1.82) is 0 Å². The van der Waals surface area contributed by atoms with Crippen molar-refractivity contribution >= 4 is 39.1 Å². The number of halogens is 2. The van der Waals surface area contributed by atoms with Gasteiger partial charge in [0.1, 0.15) is 11.9 Å². The molecule has 1 N–H and O–H groups in total. The number of hydrogen-bond donors (Lipinski definition) is 1. The highest BCUT2D eigenvalue weighted by Crippen LogP contribution is 2.26. The van der Waals surface area contributed by atoms with Crippen molar-refractivity contribution in [2.75, 3.05) is 10.2 Å². The van der Waals surface area contributed by atoms with E-state index < -0.39 is 11.9 Å². The molecule has 4 nitrogen and oxygen atoms in total. The van der Waals surface area contributed by atoms with Crippen molar-refractivity contribution in [2.24, 2.45) is 0 Å². The lowest BCUT2D eigenvalue weighted by atomic mass is 10.2. The van der Waals surface area contributed by atoms with Gasteiger partial charge >= 0.3 is 0 Å². The molecule has 2 aromatic carbocycles. The predicted molar refractivity (Wildman–Crippen MR) is 85.1 cm³/mol. The Balaban J connectivity index is 1.81. The van der Waals surface area contributed by atoms with Gasteiger partial charge in [0.15, 0.2) is 0 Å². The largest absolute Gasteiger partial charge is 0.373 e. The molecule has 0 unspecified atom stereocenters. The fourth-order valence-electron chi connectivity index (χ4n) is 2.39. The molecule has 0 saturated carbocycles. The Labute approximate surface area is 135 Å². The maximum absolute atomic E-state index is 13.2. The van der Waals surface area contributed by atoms with E-state index in [4.69, 9.17) is 0 Å². The number of imide groups is 1. The van der Waals surface area contributed by atoms with E-state index in [9.17, 15) is 14.0 Å². The van der Waals surface area contributed by atoms with Crippen LogP contribution in [0.3, 0.4) is 0 Å². The Kier molecular flexibility index (Phi) is 3.94. The van der Waals surface area contributed by atoms with Gasteiger partial charge in [-0.1, -0.05) is 22.0 Å². The number of carbonyl (C=O) groups is 2. The molecular formula is C16H12BrFN2O2. The molecule has 2 amide bonds. The van der Waals surface area contributed by atoms with Crippen LogP contribution in [0.1, 0.15) is 6.42 Å². The lowest BCUT2D eigenvalue weighted by Crippen LogP contribution is -2.34. The van der Waals surface area contributed by atoms with Crippen LogP contribution in [0.2, 0.25) is 0 Å². The molecule has 0 aromatic heterocycles. The molecule has 112 valence electrons. The first-order chi connectivity index (χ1) is 10.5. The summed E-state index contributed by atoms with van der Waals surface area (Å²) in [5.41, 5.74) is 1.01. The number of anilines is 2. The highest BCUT2D eigenvalue weighted by atomic mass is 79.9. The first-order valence-electron chi connectivity index (χ1n) is 6.69. The fourth-order valence-corrected chi connectivity index (χ4v) is 2.65. The van der Waals surface area contributed by atoms with E-state index in [1.54, 1.807) is 36.4 Å². The molecule has 1 aliphatic heterocycles. The molecule has 22 heavy (non-hydrogen) atoms. The van der Waals surface area contributed by atoms with Gasteiger partial charge in [0.25, 0.3) is 5.91 Å². The van der Waals surface area contributed by atoms with E-state index in [-0.39, 0.29) is 18.2 Å². The second-order valence-corrected chi connectivity index (χ2v) is 5.87. The summed E-state index contributed by atoms with van der Waals surface area (Å²) < 4.78 is 14.1. The van der Waals surface area contributed by atoms with E-state index in [0.29, 0.717) is 11.4 Å². The SMILES string of the molecule is O=C1C[C@H](Nc2cccc(F)c2)C(=O)N1c1ccc(Br)cc1. The van der Waals surface area contributed by atoms with Crippen LogP contribution in [0, 0.1) is 5.82 Å². The molecule has 1 heterocycles. The molecule has 2 aromatic rings. The zero-order valence-electron chi connectivity index (χ0n) is 11.4. The summed E-state index contributed by atoms with van der Waals surface area (Å²) in [4.78, 5) is 25.7. The number of carbonyl (C=O) groups excluding carboxylic acids is 2. The standard InChI is InChI=1S/C16H12BrFN2O2/c17-10-4-6-13(7-5-10)20-15(21)9-14(16(20)22)19-12-3-1-2-11(18)8-12/h1-8,14,19H,9H2/t14-/m0/s1. The molecule has 1 atom stereocenters. The van der Waals surface area contributed by atoms with Gasteiger partial charge in [0.2, 0.25) is 5.91 Å². The first kappa shape index (κ1) is 14.7. The number of amides is 2. The second-order valence-electron chi connectivity index (χ2n) is 4.96. The number of rotatable bonds is 3. The van der Waals surface area contributed by atoms with Crippen LogP contribution in [-0.2, 0) is 9.59 Å². The molecule has 1 aliphatic rings.